The summed E-state index contributed by atoms with van der Waals surface area (Å²) in [5, 5.41) is 0. The number of carbonyl (C=O) groups excluding carboxylic acids is 1. The maximum Gasteiger partial charge on any atom is 0.309 e. The third kappa shape index (κ3) is 2.46. The molecule has 0 spiro atoms. The lowest BCUT2D eigenvalue weighted by Crippen LogP contribution is -2.37. The monoisotopic (exact) mass is 268 g/mol. The minimum atomic E-state index is -0.407. The molecule has 0 bridgehead atoms. The molecule has 104 valence electrons. The molecular weight excluding hydrogens is 248 g/mol. The minimum absolute atomic E-state index is 0.194. The van der Waals surface area contributed by atoms with Crippen molar-refractivity contribution in [2.45, 2.75) is 19.3 Å². The SMILES string of the molecule is COC(=O)C(C)C(C)(c1ccccc1)c1ccccc1. The summed E-state index contributed by atoms with van der Waals surface area (Å²) < 4.78 is 4.96. The Balaban J connectivity index is 2.58. The van der Waals surface area contributed by atoms with Crippen LogP contribution >= 0.6 is 0 Å². The first-order valence-electron chi connectivity index (χ1n) is 6.79. The predicted octanol–water partition coefficient (Wildman–Crippen LogP) is 3.80. The molecule has 0 radical (unpaired) electrons. The van der Waals surface area contributed by atoms with Crippen molar-refractivity contribution in [1.29, 1.82) is 0 Å². The number of hydrogen-bond donors (Lipinski definition) is 0. The van der Waals surface area contributed by atoms with Crippen molar-refractivity contribution >= 4 is 5.97 Å². The second kappa shape index (κ2) is 5.91. The molecule has 0 aliphatic heterocycles. The molecule has 0 aliphatic rings. The molecule has 0 saturated heterocycles. The smallest absolute Gasteiger partial charge is 0.309 e. The molecule has 0 aliphatic carbocycles. The van der Waals surface area contributed by atoms with Crippen molar-refractivity contribution in [2.75, 3.05) is 7.11 Å². The zero-order chi connectivity index (χ0) is 14.6. The van der Waals surface area contributed by atoms with Crippen LogP contribution in [0.2, 0.25) is 0 Å². The van der Waals surface area contributed by atoms with Gasteiger partial charge in [0.05, 0.1) is 13.0 Å². The van der Waals surface area contributed by atoms with Crippen molar-refractivity contribution in [3.05, 3.63) is 71.8 Å². The quantitative estimate of drug-likeness (QED) is 0.788. The van der Waals surface area contributed by atoms with Crippen LogP contribution in [0.5, 0.6) is 0 Å². The van der Waals surface area contributed by atoms with E-state index in [0.717, 1.165) is 11.1 Å². The molecule has 2 rings (SSSR count). The normalized spacial score (nSPS) is 12.8. The van der Waals surface area contributed by atoms with Crippen LogP contribution < -0.4 is 0 Å². The number of hydrogen-bond acceptors (Lipinski definition) is 2. The Morgan fingerprint density at radius 1 is 0.950 bits per heavy atom. The zero-order valence-electron chi connectivity index (χ0n) is 12.2. The second-order valence-electron chi connectivity index (χ2n) is 5.18. The van der Waals surface area contributed by atoms with Crippen LogP contribution in [0.15, 0.2) is 60.7 Å². The van der Waals surface area contributed by atoms with E-state index in [1.807, 2.05) is 43.3 Å². The largest absolute Gasteiger partial charge is 0.469 e. The van der Waals surface area contributed by atoms with E-state index in [-0.39, 0.29) is 11.9 Å². The van der Waals surface area contributed by atoms with Gasteiger partial charge in [-0.1, -0.05) is 74.5 Å². The molecule has 0 saturated carbocycles. The maximum absolute atomic E-state index is 12.1. The topological polar surface area (TPSA) is 26.3 Å². The van der Waals surface area contributed by atoms with Crippen LogP contribution in [0.4, 0.5) is 0 Å². The van der Waals surface area contributed by atoms with Crippen LogP contribution in [0.1, 0.15) is 25.0 Å². The summed E-state index contributed by atoms with van der Waals surface area (Å²) in [6.07, 6.45) is 0. The zero-order valence-corrected chi connectivity index (χ0v) is 12.2. The van der Waals surface area contributed by atoms with Crippen molar-refractivity contribution in [3.63, 3.8) is 0 Å². The van der Waals surface area contributed by atoms with Gasteiger partial charge in [0.15, 0.2) is 0 Å². The Kier molecular flexibility index (Phi) is 4.23. The van der Waals surface area contributed by atoms with E-state index in [9.17, 15) is 4.79 Å². The summed E-state index contributed by atoms with van der Waals surface area (Å²) >= 11 is 0. The summed E-state index contributed by atoms with van der Waals surface area (Å²) in [7, 11) is 1.44. The number of ether oxygens (including phenoxy) is 1. The Bertz CT molecular complexity index is 521. The summed E-state index contributed by atoms with van der Waals surface area (Å²) in [4.78, 5) is 12.1. The van der Waals surface area contributed by atoms with Crippen LogP contribution in [0.3, 0.4) is 0 Å². The number of carbonyl (C=O) groups is 1. The highest BCUT2D eigenvalue weighted by molar-refractivity contribution is 5.75. The van der Waals surface area contributed by atoms with Crippen LogP contribution in [-0.4, -0.2) is 13.1 Å². The molecule has 2 aromatic rings. The van der Waals surface area contributed by atoms with Crippen LogP contribution in [0, 0.1) is 5.92 Å². The van der Waals surface area contributed by atoms with Gasteiger partial charge >= 0.3 is 5.97 Å². The van der Waals surface area contributed by atoms with Crippen molar-refractivity contribution in [3.8, 4) is 0 Å². The Morgan fingerprint density at radius 3 is 1.70 bits per heavy atom. The van der Waals surface area contributed by atoms with Crippen molar-refractivity contribution in [2.24, 2.45) is 5.92 Å². The lowest BCUT2D eigenvalue weighted by atomic mass is 9.68. The molecule has 0 N–H and O–H groups in total. The van der Waals surface area contributed by atoms with E-state index in [1.165, 1.54) is 7.11 Å². The fourth-order valence-corrected chi connectivity index (χ4v) is 2.65. The summed E-state index contributed by atoms with van der Waals surface area (Å²) in [5.41, 5.74) is 1.82. The number of benzene rings is 2. The van der Waals surface area contributed by atoms with E-state index < -0.39 is 5.41 Å². The molecule has 2 aromatic carbocycles. The van der Waals surface area contributed by atoms with Crippen molar-refractivity contribution < 1.29 is 9.53 Å². The van der Waals surface area contributed by atoms with Gasteiger partial charge in [0.2, 0.25) is 0 Å². The molecule has 0 amide bonds. The predicted molar refractivity (Wildman–Crippen MR) is 80.5 cm³/mol. The Labute approximate surface area is 120 Å². The van der Waals surface area contributed by atoms with Gasteiger partial charge in [-0.25, -0.2) is 0 Å². The lowest BCUT2D eigenvalue weighted by Gasteiger charge is -2.35. The first kappa shape index (κ1) is 14.3. The molecule has 0 fully saturated rings. The van der Waals surface area contributed by atoms with E-state index >= 15 is 0 Å². The average Bonchev–Trinajstić information content (AvgIpc) is 2.54. The average molecular weight is 268 g/mol. The van der Waals surface area contributed by atoms with E-state index in [4.69, 9.17) is 4.74 Å². The third-order valence-electron chi connectivity index (χ3n) is 4.17. The molecule has 0 heterocycles. The molecule has 1 unspecified atom stereocenters. The summed E-state index contributed by atoms with van der Waals surface area (Å²) in [6, 6.07) is 20.2. The highest BCUT2D eigenvalue weighted by atomic mass is 16.5. The maximum atomic E-state index is 12.1. The van der Waals surface area contributed by atoms with Gasteiger partial charge in [0.25, 0.3) is 0 Å². The molecule has 1 atom stereocenters. The molecule has 0 aromatic heterocycles. The van der Waals surface area contributed by atoms with Gasteiger partial charge in [0, 0.05) is 5.41 Å². The fourth-order valence-electron chi connectivity index (χ4n) is 2.65. The molecule has 2 nitrogen and oxygen atoms in total. The van der Waals surface area contributed by atoms with Crippen LogP contribution in [-0.2, 0) is 14.9 Å². The highest BCUT2D eigenvalue weighted by Gasteiger charge is 2.39. The standard InChI is InChI=1S/C18H20O2/c1-14(17(19)20-3)18(2,15-10-6-4-7-11-15)16-12-8-5-9-13-16/h4-14H,1-3H3. The summed E-state index contributed by atoms with van der Waals surface area (Å²) in [6.45, 7) is 4.02. The minimum Gasteiger partial charge on any atom is -0.469 e. The van der Waals surface area contributed by atoms with E-state index in [2.05, 4.69) is 31.2 Å². The number of rotatable bonds is 4. The molecule has 2 heteroatoms. The van der Waals surface area contributed by atoms with Gasteiger partial charge in [-0.05, 0) is 11.1 Å². The number of esters is 1. The van der Waals surface area contributed by atoms with Crippen LogP contribution in [0.25, 0.3) is 0 Å². The second-order valence-corrected chi connectivity index (χ2v) is 5.18. The Morgan fingerprint density at radius 2 is 1.35 bits per heavy atom. The Hall–Kier alpha value is -2.09. The highest BCUT2D eigenvalue weighted by Crippen LogP contribution is 2.39. The first-order chi connectivity index (χ1) is 9.60. The number of methoxy groups -OCH3 is 1. The van der Waals surface area contributed by atoms with Gasteiger partial charge in [-0.3, -0.25) is 4.79 Å². The van der Waals surface area contributed by atoms with Gasteiger partial charge < -0.3 is 4.74 Å². The van der Waals surface area contributed by atoms with Gasteiger partial charge in [-0.2, -0.15) is 0 Å². The van der Waals surface area contributed by atoms with E-state index in [0.29, 0.717) is 0 Å². The molecule has 20 heavy (non-hydrogen) atoms. The van der Waals surface area contributed by atoms with Crippen molar-refractivity contribution in [1.82, 2.24) is 0 Å². The van der Waals surface area contributed by atoms with E-state index in [1.54, 1.807) is 0 Å². The first-order valence-corrected chi connectivity index (χ1v) is 6.79. The summed E-state index contributed by atoms with van der Waals surface area (Å²) in [5.74, 6) is -0.461. The van der Waals surface area contributed by atoms with Gasteiger partial charge in [-0.15, -0.1) is 0 Å². The molecular formula is C18H20O2. The van der Waals surface area contributed by atoms with Gasteiger partial charge in [0.1, 0.15) is 0 Å². The fraction of sp³-hybridized carbons (Fsp3) is 0.278. The lowest BCUT2D eigenvalue weighted by molar-refractivity contribution is -0.146. The third-order valence-corrected chi connectivity index (χ3v) is 4.17.